The van der Waals surface area contributed by atoms with E-state index in [4.69, 9.17) is 0 Å². The molecular weight excluding hydrogens is 184 g/mol. The molecule has 2 aliphatic heterocycles. The van der Waals surface area contributed by atoms with Crippen LogP contribution in [-0.2, 0) is 0 Å². The first-order chi connectivity index (χ1) is 7.34. The molecule has 0 bridgehead atoms. The van der Waals surface area contributed by atoms with Gasteiger partial charge in [0.05, 0.1) is 0 Å². The Kier molecular flexibility index (Phi) is 2.73. The summed E-state index contributed by atoms with van der Waals surface area (Å²) in [6, 6.07) is 1.77. The normalized spacial score (nSPS) is 36.2. The lowest BCUT2D eigenvalue weighted by atomic mass is 9.98. The molecule has 2 atom stereocenters. The zero-order chi connectivity index (χ0) is 10.3. The van der Waals surface area contributed by atoms with E-state index in [0.717, 1.165) is 18.0 Å². The predicted molar refractivity (Wildman–Crippen MR) is 63.0 cm³/mol. The summed E-state index contributed by atoms with van der Waals surface area (Å²) in [6.45, 7) is 7.85. The van der Waals surface area contributed by atoms with E-state index in [1.165, 1.54) is 58.3 Å². The SMILES string of the molecule is CC(C1CC1)N1CCN2CCCCC2C1. The molecule has 86 valence electrons. The predicted octanol–water partition coefficient (Wildman–Crippen LogP) is 1.96. The van der Waals surface area contributed by atoms with Gasteiger partial charge in [-0.25, -0.2) is 0 Å². The van der Waals surface area contributed by atoms with E-state index in [2.05, 4.69) is 16.7 Å². The summed E-state index contributed by atoms with van der Waals surface area (Å²) >= 11 is 0. The van der Waals surface area contributed by atoms with Crippen molar-refractivity contribution in [3.8, 4) is 0 Å². The van der Waals surface area contributed by atoms with Crippen LogP contribution in [0.3, 0.4) is 0 Å². The van der Waals surface area contributed by atoms with Crippen LogP contribution in [-0.4, -0.2) is 48.1 Å². The topological polar surface area (TPSA) is 6.48 Å². The van der Waals surface area contributed by atoms with Gasteiger partial charge in [-0.2, -0.15) is 0 Å². The molecule has 1 aliphatic carbocycles. The van der Waals surface area contributed by atoms with E-state index in [-0.39, 0.29) is 0 Å². The van der Waals surface area contributed by atoms with Crippen molar-refractivity contribution in [2.75, 3.05) is 26.2 Å². The van der Waals surface area contributed by atoms with E-state index in [1.807, 2.05) is 0 Å². The molecule has 2 heteroatoms. The summed E-state index contributed by atoms with van der Waals surface area (Å²) in [6.07, 6.45) is 7.34. The van der Waals surface area contributed by atoms with Crippen LogP contribution in [0.5, 0.6) is 0 Å². The lowest BCUT2D eigenvalue weighted by molar-refractivity contribution is 0.0264. The lowest BCUT2D eigenvalue weighted by Crippen LogP contribution is -2.57. The highest BCUT2D eigenvalue weighted by atomic mass is 15.3. The second-order valence-corrected chi connectivity index (χ2v) is 5.76. The minimum atomic E-state index is 0.870. The molecule has 0 aromatic rings. The molecule has 1 saturated carbocycles. The first kappa shape index (κ1) is 10.1. The minimum Gasteiger partial charge on any atom is -0.298 e. The molecule has 2 unspecified atom stereocenters. The van der Waals surface area contributed by atoms with Crippen LogP contribution in [0.15, 0.2) is 0 Å². The first-order valence-corrected chi connectivity index (χ1v) is 6.82. The monoisotopic (exact) mass is 208 g/mol. The van der Waals surface area contributed by atoms with Crippen molar-refractivity contribution in [2.45, 2.75) is 51.1 Å². The Morgan fingerprint density at radius 2 is 1.87 bits per heavy atom. The Hall–Kier alpha value is -0.0800. The van der Waals surface area contributed by atoms with E-state index in [1.54, 1.807) is 0 Å². The molecule has 0 aromatic carbocycles. The largest absolute Gasteiger partial charge is 0.298 e. The maximum atomic E-state index is 2.77. The van der Waals surface area contributed by atoms with Gasteiger partial charge in [-0.15, -0.1) is 0 Å². The van der Waals surface area contributed by atoms with Gasteiger partial charge in [0.15, 0.2) is 0 Å². The van der Waals surface area contributed by atoms with Crippen molar-refractivity contribution >= 4 is 0 Å². The number of rotatable bonds is 2. The molecule has 0 amide bonds. The highest BCUT2D eigenvalue weighted by Crippen LogP contribution is 2.36. The van der Waals surface area contributed by atoms with Gasteiger partial charge in [-0.3, -0.25) is 9.80 Å². The molecule has 2 nitrogen and oxygen atoms in total. The van der Waals surface area contributed by atoms with Crippen molar-refractivity contribution in [3.05, 3.63) is 0 Å². The standard InChI is InChI=1S/C13H24N2/c1-11(12-5-6-12)15-9-8-14-7-3-2-4-13(14)10-15/h11-13H,2-10H2,1H3. The van der Waals surface area contributed by atoms with Crippen molar-refractivity contribution < 1.29 is 0 Å². The first-order valence-electron chi connectivity index (χ1n) is 6.82. The van der Waals surface area contributed by atoms with E-state index < -0.39 is 0 Å². The van der Waals surface area contributed by atoms with E-state index in [0.29, 0.717) is 0 Å². The van der Waals surface area contributed by atoms with Crippen molar-refractivity contribution in [1.82, 2.24) is 9.80 Å². The molecule has 0 aromatic heterocycles. The zero-order valence-electron chi connectivity index (χ0n) is 9.99. The van der Waals surface area contributed by atoms with Gasteiger partial charge in [-0.1, -0.05) is 6.42 Å². The van der Waals surface area contributed by atoms with Crippen molar-refractivity contribution in [1.29, 1.82) is 0 Å². The van der Waals surface area contributed by atoms with Crippen LogP contribution in [0.25, 0.3) is 0 Å². The number of fused-ring (bicyclic) bond motifs is 1. The van der Waals surface area contributed by atoms with E-state index in [9.17, 15) is 0 Å². The second kappa shape index (κ2) is 4.06. The fourth-order valence-electron chi connectivity index (χ4n) is 3.43. The molecule has 15 heavy (non-hydrogen) atoms. The van der Waals surface area contributed by atoms with Crippen LogP contribution < -0.4 is 0 Å². The lowest BCUT2D eigenvalue weighted by Gasteiger charge is -2.46. The quantitative estimate of drug-likeness (QED) is 0.684. The second-order valence-electron chi connectivity index (χ2n) is 5.76. The number of piperazine rings is 1. The van der Waals surface area contributed by atoms with Gasteiger partial charge in [0.1, 0.15) is 0 Å². The molecule has 0 N–H and O–H groups in total. The Balaban J connectivity index is 1.59. The Bertz CT molecular complexity index is 225. The van der Waals surface area contributed by atoms with E-state index >= 15 is 0 Å². The van der Waals surface area contributed by atoms with Crippen LogP contribution in [0.4, 0.5) is 0 Å². The van der Waals surface area contributed by atoms with Gasteiger partial charge in [0.25, 0.3) is 0 Å². The third-order valence-electron chi connectivity index (χ3n) is 4.75. The van der Waals surface area contributed by atoms with Gasteiger partial charge in [-0.05, 0) is 45.1 Å². The summed E-state index contributed by atoms with van der Waals surface area (Å²) in [5.41, 5.74) is 0. The fourth-order valence-corrected chi connectivity index (χ4v) is 3.43. The molecule has 3 fully saturated rings. The summed E-state index contributed by atoms with van der Waals surface area (Å²) in [5.74, 6) is 1.04. The fraction of sp³-hybridized carbons (Fsp3) is 1.00. The third-order valence-corrected chi connectivity index (χ3v) is 4.75. The maximum Gasteiger partial charge on any atom is 0.0223 e. The molecule has 3 aliphatic rings. The van der Waals surface area contributed by atoms with Gasteiger partial charge in [0.2, 0.25) is 0 Å². The van der Waals surface area contributed by atoms with Crippen molar-refractivity contribution in [3.63, 3.8) is 0 Å². The summed E-state index contributed by atoms with van der Waals surface area (Å²) in [4.78, 5) is 5.50. The Morgan fingerprint density at radius 3 is 2.67 bits per heavy atom. The number of hydrogen-bond acceptors (Lipinski definition) is 2. The van der Waals surface area contributed by atoms with Gasteiger partial charge < -0.3 is 0 Å². The average Bonchev–Trinajstić information content (AvgIpc) is 3.11. The number of piperidine rings is 1. The summed E-state index contributed by atoms with van der Waals surface area (Å²) < 4.78 is 0. The van der Waals surface area contributed by atoms with Crippen LogP contribution in [0.2, 0.25) is 0 Å². The van der Waals surface area contributed by atoms with Crippen LogP contribution >= 0.6 is 0 Å². The zero-order valence-corrected chi connectivity index (χ0v) is 9.99. The Labute approximate surface area is 93.6 Å². The highest BCUT2D eigenvalue weighted by molar-refractivity contribution is 4.91. The average molecular weight is 208 g/mol. The van der Waals surface area contributed by atoms with Gasteiger partial charge >= 0.3 is 0 Å². The maximum absolute atomic E-state index is 2.77. The van der Waals surface area contributed by atoms with Gasteiger partial charge in [0, 0.05) is 31.7 Å². The molecular formula is C13H24N2. The Morgan fingerprint density at radius 1 is 1.00 bits per heavy atom. The molecule has 2 saturated heterocycles. The molecule has 3 rings (SSSR count). The number of nitrogens with zero attached hydrogens (tertiary/aromatic N) is 2. The smallest absolute Gasteiger partial charge is 0.0223 e. The molecule has 2 heterocycles. The van der Waals surface area contributed by atoms with Crippen molar-refractivity contribution in [2.24, 2.45) is 5.92 Å². The molecule has 0 radical (unpaired) electrons. The highest BCUT2D eigenvalue weighted by Gasteiger charge is 2.36. The number of hydrogen-bond donors (Lipinski definition) is 0. The minimum absolute atomic E-state index is 0.870. The van der Waals surface area contributed by atoms with Crippen LogP contribution in [0, 0.1) is 5.92 Å². The molecule has 0 spiro atoms. The summed E-state index contributed by atoms with van der Waals surface area (Å²) in [7, 11) is 0. The van der Waals surface area contributed by atoms with Crippen LogP contribution in [0.1, 0.15) is 39.0 Å². The third kappa shape index (κ3) is 2.07. The summed E-state index contributed by atoms with van der Waals surface area (Å²) in [5, 5.41) is 0.